The molecule has 3 N–H and O–H groups in total. The van der Waals surface area contributed by atoms with Gasteiger partial charge in [0.2, 0.25) is 11.8 Å². The monoisotopic (exact) mass is 456 g/mol. The topological polar surface area (TPSA) is 158 Å². The molecule has 1 fully saturated rings. The number of nitro groups is 1. The molecule has 3 aromatic rings. The zero-order valence-corrected chi connectivity index (χ0v) is 17.7. The number of benzene rings is 1. The van der Waals surface area contributed by atoms with Gasteiger partial charge in [0.15, 0.2) is 11.2 Å². The van der Waals surface area contributed by atoms with Crippen molar-refractivity contribution in [3.8, 4) is 5.88 Å². The highest BCUT2D eigenvalue weighted by atomic mass is 16.6. The van der Waals surface area contributed by atoms with E-state index in [-0.39, 0.29) is 31.2 Å². The van der Waals surface area contributed by atoms with Crippen molar-refractivity contribution >= 4 is 22.8 Å². The minimum atomic E-state index is -0.796. The van der Waals surface area contributed by atoms with Crippen LogP contribution in [0.5, 0.6) is 5.88 Å². The second-order valence-corrected chi connectivity index (χ2v) is 7.48. The molecular formula is C21H24N6O6. The van der Waals surface area contributed by atoms with E-state index < -0.39 is 23.4 Å². The van der Waals surface area contributed by atoms with Gasteiger partial charge in [-0.2, -0.15) is 9.97 Å². The van der Waals surface area contributed by atoms with Crippen LogP contribution in [0.15, 0.2) is 43.2 Å². The van der Waals surface area contributed by atoms with Gasteiger partial charge in [0, 0.05) is 31.5 Å². The Labute approximate surface area is 188 Å². The van der Waals surface area contributed by atoms with E-state index in [9.17, 15) is 20.3 Å². The van der Waals surface area contributed by atoms with Gasteiger partial charge in [-0.15, -0.1) is 6.58 Å². The molecule has 0 bridgehead atoms. The van der Waals surface area contributed by atoms with Gasteiger partial charge in [-0.1, -0.05) is 18.2 Å². The number of rotatable bonds is 10. The van der Waals surface area contributed by atoms with Gasteiger partial charge in [0.25, 0.3) is 5.69 Å². The van der Waals surface area contributed by atoms with Crippen molar-refractivity contribution in [3.63, 3.8) is 0 Å². The van der Waals surface area contributed by atoms with E-state index in [0.29, 0.717) is 30.1 Å². The van der Waals surface area contributed by atoms with E-state index in [1.54, 1.807) is 22.8 Å². The minimum Gasteiger partial charge on any atom is -0.476 e. The zero-order valence-electron chi connectivity index (χ0n) is 17.7. The highest BCUT2D eigenvalue weighted by Crippen LogP contribution is 2.32. The van der Waals surface area contributed by atoms with Crippen LogP contribution in [0.4, 0.5) is 11.6 Å². The highest BCUT2D eigenvalue weighted by molar-refractivity contribution is 5.78. The van der Waals surface area contributed by atoms with Gasteiger partial charge in [-0.25, -0.2) is 4.98 Å². The molecule has 3 atom stereocenters. The lowest BCUT2D eigenvalue weighted by Crippen LogP contribution is -2.24. The number of nitrogens with zero attached hydrogens (tertiary/aromatic N) is 5. The lowest BCUT2D eigenvalue weighted by Gasteiger charge is -2.14. The summed E-state index contributed by atoms with van der Waals surface area (Å²) in [5, 5.41) is 33.3. The standard InChI is InChI=1S/C21H24N6O6/c1-2-8-22-21-24-19-18(23-12-26(19)17-10-15(29)16(11-28)33-17)20(25-21)32-9-7-13-3-5-14(6-4-13)27(30)31/h2-6,12,15-17,28-29H,1,7-11H2,(H,22,24,25)/t15-,16-,17-/m1/s1. The number of aliphatic hydroxyl groups is 2. The molecule has 0 amide bonds. The van der Waals surface area contributed by atoms with E-state index in [1.165, 1.54) is 18.5 Å². The molecule has 1 saturated heterocycles. The van der Waals surface area contributed by atoms with Crippen molar-refractivity contribution in [3.05, 3.63) is 58.9 Å². The maximum absolute atomic E-state index is 10.8. The van der Waals surface area contributed by atoms with Crippen molar-refractivity contribution in [2.45, 2.75) is 31.3 Å². The van der Waals surface area contributed by atoms with Crippen LogP contribution in [0.25, 0.3) is 11.2 Å². The molecule has 33 heavy (non-hydrogen) atoms. The van der Waals surface area contributed by atoms with Crippen LogP contribution in [0, 0.1) is 10.1 Å². The molecule has 0 spiro atoms. The number of hydrogen-bond donors (Lipinski definition) is 3. The molecule has 0 radical (unpaired) electrons. The number of ether oxygens (including phenoxy) is 2. The lowest BCUT2D eigenvalue weighted by atomic mass is 10.1. The maximum atomic E-state index is 10.8. The molecule has 174 valence electrons. The summed E-state index contributed by atoms with van der Waals surface area (Å²) in [4.78, 5) is 23.7. The molecular weight excluding hydrogens is 432 g/mol. The van der Waals surface area contributed by atoms with E-state index in [0.717, 1.165) is 5.56 Å². The Hall–Kier alpha value is -3.61. The Morgan fingerprint density at radius 1 is 1.36 bits per heavy atom. The number of aliphatic hydroxyl groups excluding tert-OH is 2. The fourth-order valence-corrected chi connectivity index (χ4v) is 3.54. The first-order valence-corrected chi connectivity index (χ1v) is 10.4. The van der Waals surface area contributed by atoms with Crippen LogP contribution in [-0.2, 0) is 11.2 Å². The van der Waals surface area contributed by atoms with Crippen molar-refractivity contribution in [2.24, 2.45) is 0 Å². The van der Waals surface area contributed by atoms with Crippen molar-refractivity contribution < 1.29 is 24.6 Å². The molecule has 1 aromatic carbocycles. The molecule has 1 aliphatic rings. The van der Waals surface area contributed by atoms with Gasteiger partial charge >= 0.3 is 0 Å². The fourth-order valence-electron chi connectivity index (χ4n) is 3.54. The minimum absolute atomic E-state index is 0.0309. The number of aromatic nitrogens is 4. The number of imidazole rings is 1. The Morgan fingerprint density at radius 3 is 2.82 bits per heavy atom. The summed E-state index contributed by atoms with van der Waals surface area (Å²) >= 11 is 0. The number of anilines is 1. The first kappa shape index (κ1) is 22.6. The first-order chi connectivity index (χ1) is 16.0. The number of hydrogen-bond acceptors (Lipinski definition) is 10. The Kier molecular flexibility index (Phi) is 6.77. The smallest absolute Gasteiger partial charge is 0.269 e. The van der Waals surface area contributed by atoms with Crippen LogP contribution >= 0.6 is 0 Å². The molecule has 3 heterocycles. The summed E-state index contributed by atoms with van der Waals surface area (Å²) in [6.45, 7) is 4.09. The second kappa shape index (κ2) is 9.90. The van der Waals surface area contributed by atoms with Crippen molar-refractivity contribution in [1.29, 1.82) is 0 Å². The zero-order chi connectivity index (χ0) is 23.4. The molecule has 1 aliphatic heterocycles. The molecule has 0 unspecified atom stereocenters. The maximum Gasteiger partial charge on any atom is 0.269 e. The van der Waals surface area contributed by atoms with Gasteiger partial charge < -0.3 is 25.0 Å². The van der Waals surface area contributed by atoms with Gasteiger partial charge in [0.05, 0.1) is 30.6 Å². The van der Waals surface area contributed by atoms with E-state index in [1.807, 2.05) is 0 Å². The van der Waals surface area contributed by atoms with Crippen LogP contribution in [-0.4, -0.2) is 66.6 Å². The van der Waals surface area contributed by atoms with Gasteiger partial charge in [0.1, 0.15) is 12.3 Å². The van der Waals surface area contributed by atoms with E-state index in [2.05, 4.69) is 26.8 Å². The van der Waals surface area contributed by atoms with E-state index in [4.69, 9.17) is 9.47 Å². The molecule has 0 saturated carbocycles. The average Bonchev–Trinajstić information content (AvgIpc) is 3.41. The Balaban J connectivity index is 1.55. The lowest BCUT2D eigenvalue weighted by molar-refractivity contribution is -0.384. The average molecular weight is 456 g/mol. The molecule has 4 rings (SSSR count). The number of non-ortho nitro benzene ring substituents is 1. The molecule has 12 nitrogen and oxygen atoms in total. The summed E-state index contributed by atoms with van der Waals surface area (Å²) in [7, 11) is 0. The Bertz CT molecular complexity index is 1130. The summed E-state index contributed by atoms with van der Waals surface area (Å²) in [5.41, 5.74) is 1.79. The van der Waals surface area contributed by atoms with Crippen LogP contribution < -0.4 is 10.1 Å². The number of nitro benzene ring substituents is 1. The predicted molar refractivity (Wildman–Crippen MR) is 118 cm³/mol. The first-order valence-electron chi connectivity index (χ1n) is 10.4. The summed E-state index contributed by atoms with van der Waals surface area (Å²) in [5.74, 6) is 0.580. The predicted octanol–water partition coefficient (Wildman–Crippen LogP) is 1.59. The van der Waals surface area contributed by atoms with Crippen LogP contribution in [0.1, 0.15) is 18.2 Å². The highest BCUT2D eigenvalue weighted by Gasteiger charge is 2.35. The van der Waals surface area contributed by atoms with Crippen LogP contribution in [0.2, 0.25) is 0 Å². The third kappa shape index (κ3) is 4.92. The largest absolute Gasteiger partial charge is 0.476 e. The van der Waals surface area contributed by atoms with Crippen molar-refractivity contribution in [2.75, 3.05) is 25.1 Å². The summed E-state index contributed by atoms with van der Waals surface area (Å²) < 4.78 is 13.3. The van der Waals surface area contributed by atoms with Gasteiger partial charge in [-0.05, 0) is 5.56 Å². The van der Waals surface area contributed by atoms with Crippen molar-refractivity contribution in [1.82, 2.24) is 19.5 Å². The molecule has 12 heteroatoms. The third-order valence-corrected chi connectivity index (χ3v) is 5.26. The van der Waals surface area contributed by atoms with Gasteiger partial charge in [-0.3, -0.25) is 14.7 Å². The Morgan fingerprint density at radius 2 is 2.15 bits per heavy atom. The quantitative estimate of drug-likeness (QED) is 0.232. The summed E-state index contributed by atoms with van der Waals surface area (Å²) in [6.07, 6.45) is 1.99. The summed E-state index contributed by atoms with van der Waals surface area (Å²) in [6, 6.07) is 6.27. The second-order valence-electron chi connectivity index (χ2n) is 7.48. The molecule has 2 aromatic heterocycles. The number of nitrogens with one attached hydrogen (secondary N) is 1. The molecule has 0 aliphatic carbocycles. The normalized spacial score (nSPS) is 20.1. The fraction of sp³-hybridized carbons (Fsp3) is 0.381. The van der Waals surface area contributed by atoms with E-state index >= 15 is 0 Å². The van der Waals surface area contributed by atoms with Crippen LogP contribution in [0.3, 0.4) is 0 Å². The SMILES string of the molecule is C=CCNc1nc(OCCc2ccc([N+](=O)[O-])cc2)c2ncn([C@H]3C[C@@H](O)[C@@H](CO)O3)c2n1. The number of fused-ring (bicyclic) bond motifs is 1. The third-order valence-electron chi connectivity index (χ3n) is 5.26.